The first-order valence-electron chi connectivity index (χ1n) is 9.12. The molecule has 0 bridgehead atoms. The number of anilines is 1. The van der Waals surface area contributed by atoms with Crippen LogP contribution in [0.2, 0.25) is 0 Å². The number of carbonyl (C=O) groups excluding carboxylic acids is 3. The zero-order chi connectivity index (χ0) is 21.4. The number of hydrazine groups is 1. The summed E-state index contributed by atoms with van der Waals surface area (Å²) in [6.45, 7) is 5.15. The zero-order valence-electron chi connectivity index (χ0n) is 16.8. The van der Waals surface area contributed by atoms with E-state index in [2.05, 4.69) is 16.2 Å². The second-order valence-corrected chi connectivity index (χ2v) is 6.60. The number of carbonyl (C=O) groups is 3. The predicted octanol–water partition coefficient (Wildman–Crippen LogP) is 2.52. The fraction of sp³-hybridized carbons (Fsp3) is 0.286. The molecule has 0 saturated heterocycles. The molecule has 154 valence electrons. The Kier molecular flexibility index (Phi) is 7.59. The summed E-state index contributed by atoms with van der Waals surface area (Å²) >= 11 is 0. The predicted molar refractivity (Wildman–Crippen MR) is 109 cm³/mol. The first-order valence-corrected chi connectivity index (χ1v) is 9.12. The van der Waals surface area contributed by atoms with Gasteiger partial charge in [-0.05, 0) is 55.5 Å². The summed E-state index contributed by atoms with van der Waals surface area (Å²) in [6, 6.07) is 13.1. The van der Waals surface area contributed by atoms with Crippen molar-refractivity contribution in [2.24, 2.45) is 5.92 Å². The van der Waals surface area contributed by atoms with E-state index in [9.17, 15) is 14.4 Å². The molecular formula is C21H25N3O5. The molecule has 3 amide bonds. The Bertz CT molecular complexity index is 848. The van der Waals surface area contributed by atoms with Gasteiger partial charge in [0.2, 0.25) is 5.91 Å². The molecule has 0 aliphatic heterocycles. The van der Waals surface area contributed by atoms with Gasteiger partial charge in [-0.3, -0.25) is 25.2 Å². The standard InChI is InChI=1S/C21H25N3O5/c1-13(2)19(25)22-16-7-5-15(6-8-16)21(27)24-23-20(26)14(3)29-18-11-9-17(28-4)10-12-18/h5-14H,1-4H3,(H,22,25)(H,23,26)(H,24,27). The lowest BCUT2D eigenvalue weighted by atomic mass is 10.1. The third kappa shape index (κ3) is 6.53. The lowest BCUT2D eigenvalue weighted by Gasteiger charge is -2.15. The van der Waals surface area contributed by atoms with Crippen LogP contribution in [0.3, 0.4) is 0 Å². The Morgan fingerprint density at radius 2 is 1.38 bits per heavy atom. The van der Waals surface area contributed by atoms with Crippen molar-refractivity contribution in [1.82, 2.24) is 10.9 Å². The first-order chi connectivity index (χ1) is 13.8. The molecule has 3 N–H and O–H groups in total. The highest BCUT2D eigenvalue weighted by Gasteiger charge is 2.16. The maximum Gasteiger partial charge on any atom is 0.279 e. The molecule has 8 heteroatoms. The van der Waals surface area contributed by atoms with Crippen molar-refractivity contribution in [3.05, 3.63) is 54.1 Å². The molecule has 2 rings (SSSR count). The minimum Gasteiger partial charge on any atom is -0.497 e. The highest BCUT2D eigenvalue weighted by molar-refractivity contribution is 5.97. The summed E-state index contributed by atoms with van der Waals surface area (Å²) in [6.07, 6.45) is -0.822. The summed E-state index contributed by atoms with van der Waals surface area (Å²) in [7, 11) is 1.56. The molecule has 0 spiro atoms. The van der Waals surface area contributed by atoms with Gasteiger partial charge < -0.3 is 14.8 Å². The average Bonchev–Trinajstić information content (AvgIpc) is 2.72. The zero-order valence-corrected chi connectivity index (χ0v) is 16.8. The van der Waals surface area contributed by atoms with Crippen molar-refractivity contribution in [1.29, 1.82) is 0 Å². The maximum atomic E-state index is 12.2. The summed E-state index contributed by atoms with van der Waals surface area (Å²) < 4.78 is 10.6. The topological polar surface area (TPSA) is 106 Å². The van der Waals surface area contributed by atoms with E-state index in [1.165, 1.54) is 0 Å². The van der Waals surface area contributed by atoms with Crippen molar-refractivity contribution < 1.29 is 23.9 Å². The Morgan fingerprint density at radius 1 is 0.793 bits per heavy atom. The highest BCUT2D eigenvalue weighted by Crippen LogP contribution is 2.18. The Balaban J connectivity index is 1.83. The van der Waals surface area contributed by atoms with Crippen LogP contribution in [0, 0.1) is 5.92 Å². The van der Waals surface area contributed by atoms with Gasteiger partial charge in [-0.25, -0.2) is 0 Å². The lowest BCUT2D eigenvalue weighted by Crippen LogP contribution is -2.47. The molecule has 0 aromatic heterocycles. The van der Waals surface area contributed by atoms with E-state index in [-0.39, 0.29) is 11.8 Å². The van der Waals surface area contributed by atoms with Crippen LogP contribution in [0.1, 0.15) is 31.1 Å². The van der Waals surface area contributed by atoms with Crippen LogP contribution >= 0.6 is 0 Å². The van der Waals surface area contributed by atoms with Gasteiger partial charge in [0.15, 0.2) is 6.10 Å². The molecular weight excluding hydrogens is 374 g/mol. The number of ether oxygens (including phenoxy) is 2. The normalized spacial score (nSPS) is 11.3. The molecule has 0 aliphatic carbocycles. The summed E-state index contributed by atoms with van der Waals surface area (Å²) in [5.74, 6) is -0.0716. The number of hydrogen-bond donors (Lipinski definition) is 3. The second kappa shape index (κ2) is 10.1. The van der Waals surface area contributed by atoms with Crippen LogP contribution in [0.15, 0.2) is 48.5 Å². The molecule has 0 radical (unpaired) electrons. The van der Waals surface area contributed by atoms with Gasteiger partial charge in [-0.15, -0.1) is 0 Å². The van der Waals surface area contributed by atoms with Crippen LogP contribution in [0.5, 0.6) is 11.5 Å². The van der Waals surface area contributed by atoms with Crippen LogP contribution in [-0.2, 0) is 9.59 Å². The minimum absolute atomic E-state index is 0.111. The number of amides is 3. The third-order valence-corrected chi connectivity index (χ3v) is 3.98. The van der Waals surface area contributed by atoms with E-state index in [0.29, 0.717) is 22.7 Å². The SMILES string of the molecule is COc1ccc(OC(C)C(=O)NNC(=O)c2ccc(NC(=O)C(C)C)cc2)cc1. The fourth-order valence-corrected chi connectivity index (χ4v) is 2.20. The minimum atomic E-state index is -0.822. The molecule has 29 heavy (non-hydrogen) atoms. The summed E-state index contributed by atoms with van der Waals surface area (Å²) in [5.41, 5.74) is 5.58. The third-order valence-electron chi connectivity index (χ3n) is 3.98. The fourth-order valence-electron chi connectivity index (χ4n) is 2.20. The smallest absolute Gasteiger partial charge is 0.279 e. The summed E-state index contributed by atoms with van der Waals surface area (Å²) in [5, 5.41) is 2.74. The van der Waals surface area contributed by atoms with Crippen molar-refractivity contribution in [2.75, 3.05) is 12.4 Å². The molecule has 2 aromatic rings. The molecule has 1 atom stereocenters. The first kappa shape index (κ1) is 21.7. The molecule has 0 aliphatic rings. The van der Waals surface area contributed by atoms with Crippen molar-refractivity contribution in [2.45, 2.75) is 26.9 Å². The van der Waals surface area contributed by atoms with E-state index in [1.807, 2.05) is 0 Å². The quantitative estimate of drug-likeness (QED) is 0.621. The molecule has 1 unspecified atom stereocenters. The Hall–Kier alpha value is -3.55. The Labute approximate surface area is 169 Å². The van der Waals surface area contributed by atoms with Gasteiger partial charge in [0.1, 0.15) is 11.5 Å². The van der Waals surface area contributed by atoms with Crippen LogP contribution in [-0.4, -0.2) is 30.9 Å². The van der Waals surface area contributed by atoms with E-state index in [1.54, 1.807) is 76.4 Å². The van der Waals surface area contributed by atoms with Crippen molar-refractivity contribution in [3.8, 4) is 11.5 Å². The van der Waals surface area contributed by atoms with Crippen LogP contribution < -0.4 is 25.6 Å². The largest absolute Gasteiger partial charge is 0.497 e. The molecule has 0 heterocycles. The van der Waals surface area contributed by atoms with Gasteiger partial charge in [0.05, 0.1) is 7.11 Å². The van der Waals surface area contributed by atoms with Crippen molar-refractivity contribution >= 4 is 23.4 Å². The number of nitrogens with one attached hydrogen (secondary N) is 3. The number of methoxy groups -OCH3 is 1. The lowest BCUT2D eigenvalue weighted by molar-refractivity contribution is -0.128. The molecule has 8 nitrogen and oxygen atoms in total. The van der Waals surface area contributed by atoms with E-state index in [4.69, 9.17) is 9.47 Å². The van der Waals surface area contributed by atoms with Gasteiger partial charge in [0, 0.05) is 17.2 Å². The number of benzene rings is 2. The number of hydrogen-bond acceptors (Lipinski definition) is 5. The molecule has 2 aromatic carbocycles. The second-order valence-electron chi connectivity index (χ2n) is 6.60. The maximum absolute atomic E-state index is 12.2. The number of rotatable bonds is 7. The van der Waals surface area contributed by atoms with Gasteiger partial charge >= 0.3 is 0 Å². The molecule has 0 saturated carbocycles. The van der Waals surface area contributed by atoms with Crippen LogP contribution in [0.4, 0.5) is 5.69 Å². The summed E-state index contributed by atoms with van der Waals surface area (Å²) in [4.78, 5) is 36.0. The van der Waals surface area contributed by atoms with Gasteiger partial charge in [-0.2, -0.15) is 0 Å². The van der Waals surface area contributed by atoms with Gasteiger partial charge in [0.25, 0.3) is 11.8 Å². The van der Waals surface area contributed by atoms with E-state index in [0.717, 1.165) is 0 Å². The molecule has 0 fully saturated rings. The van der Waals surface area contributed by atoms with E-state index >= 15 is 0 Å². The van der Waals surface area contributed by atoms with E-state index < -0.39 is 17.9 Å². The monoisotopic (exact) mass is 399 g/mol. The Morgan fingerprint density at radius 3 is 1.93 bits per heavy atom. The van der Waals surface area contributed by atoms with Crippen molar-refractivity contribution in [3.63, 3.8) is 0 Å². The van der Waals surface area contributed by atoms with Gasteiger partial charge in [-0.1, -0.05) is 13.8 Å². The van der Waals surface area contributed by atoms with Crippen LogP contribution in [0.25, 0.3) is 0 Å². The average molecular weight is 399 g/mol. The highest BCUT2D eigenvalue weighted by atomic mass is 16.5.